The Balaban J connectivity index is 2.13. The maximum atomic E-state index is 10.2. The van der Waals surface area contributed by atoms with Gasteiger partial charge in [0.1, 0.15) is 0 Å². The first-order valence-corrected chi connectivity index (χ1v) is 4.93. The molecule has 2 aliphatic carbocycles. The van der Waals surface area contributed by atoms with Crippen molar-refractivity contribution < 1.29 is 5.11 Å². The second-order valence-electron chi connectivity index (χ2n) is 4.54. The van der Waals surface area contributed by atoms with Gasteiger partial charge in [0.2, 0.25) is 0 Å². The Morgan fingerprint density at radius 3 is 2.82 bits per heavy atom. The molecule has 1 N–H and O–H groups in total. The predicted molar refractivity (Wildman–Crippen MR) is 45.3 cm³/mol. The first-order chi connectivity index (χ1) is 5.21. The Hall–Kier alpha value is -0.0400. The first kappa shape index (κ1) is 7.60. The maximum absolute atomic E-state index is 10.2. The van der Waals surface area contributed by atoms with Crippen LogP contribution in [0.3, 0.4) is 0 Å². The number of fused-ring (bicyclic) bond motifs is 2. The van der Waals surface area contributed by atoms with Gasteiger partial charge in [-0.3, -0.25) is 0 Å². The molecule has 0 unspecified atom stereocenters. The molecule has 2 saturated carbocycles. The van der Waals surface area contributed by atoms with Gasteiger partial charge < -0.3 is 5.11 Å². The highest BCUT2D eigenvalue weighted by Gasteiger charge is 2.42. The lowest BCUT2D eigenvalue weighted by Gasteiger charge is -2.45. The van der Waals surface area contributed by atoms with Crippen LogP contribution in [0, 0.1) is 11.8 Å². The standard InChI is InChI=1S/C10H18O/c1-8-4-5-9-3-2-6-10(8,11)7-9/h8-9,11H,2-7H2,1H3/t8-,9+,10-/m1/s1. The van der Waals surface area contributed by atoms with Gasteiger partial charge >= 0.3 is 0 Å². The van der Waals surface area contributed by atoms with Crippen molar-refractivity contribution in [2.75, 3.05) is 0 Å². The molecule has 0 amide bonds. The third-order valence-corrected chi connectivity index (χ3v) is 3.79. The van der Waals surface area contributed by atoms with E-state index in [0.717, 1.165) is 18.8 Å². The molecule has 2 rings (SSSR count). The van der Waals surface area contributed by atoms with E-state index in [2.05, 4.69) is 6.92 Å². The molecule has 11 heavy (non-hydrogen) atoms. The number of hydrogen-bond donors (Lipinski definition) is 1. The first-order valence-electron chi connectivity index (χ1n) is 4.93. The highest BCUT2D eigenvalue weighted by molar-refractivity contribution is 4.94. The van der Waals surface area contributed by atoms with Gasteiger partial charge in [-0.2, -0.15) is 0 Å². The fraction of sp³-hybridized carbons (Fsp3) is 1.00. The molecule has 0 aromatic heterocycles. The average molecular weight is 154 g/mol. The summed E-state index contributed by atoms with van der Waals surface area (Å²) in [5.74, 6) is 1.41. The molecule has 0 aromatic rings. The molecule has 0 aliphatic heterocycles. The van der Waals surface area contributed by atoms with Crippen LogP contribution in [0.4, 0.5) is 0 Å². The van der Waals surface area contributed by atoms with Crippen LogP contribution in [0.15, 0.2) is 0 Å². The van der Waals surface area contributed by atoms with E-state index in [0.29, 0.717) is 5.92 Å². The van der Waals surface area contributed by atoms with Gasteiger partial charge in [-0.15, -0.1) is 0 Å². The van der Waals surface area contributed by atoms with Crippen LogP contribution in [0.1, 0.15) is 45.4 Å². The second-order valence-corrected chi connectivity index (χ2v) is 4.54. The average Bonchev–Trinajstić information content (AvgIpc) is 1.98. The van der Waals surface area contributed by atoms with Crippen LogP contribution in [0.25, 0.3) is 0 Å². The van der Waals surface area contributed by atoms with Crippen molar-refractivity contribution in [2.45, 2.75) is 51.0 Å². The molecule has 0 radical (unpaired) electrons. The highest BCUT2D eigenvalue weighted by Crippen LogP contribution is 2.45. The topological polar surface area (TPSA) is 20.2 Å². The molecule has 2 bridgehead atoms. The van der Waals surface area contributed by atoms with E-state index in [4.69, 9.17) is 0 Å². The molecule has 64 valence electrons. The molecule has 0 heterocycles. The third-order valence-electron chi connectivity index (χ3n) is 3.79. The normalized spacial score (nSPS) is 50.7. The van der Waals surface area contributed by atoms with E-state index >= 15 is 0 Å². The molecule has 0 aromatic carbocycles. The summed E-state index contributed by atoms with van der Waals surface area (Å²) in [6.07, 6.45) is 7.39. The van der Waals surface area contributed by atoms with Crippen molar-refractivity contribution in [3.63, 3.8) is 0 Å². The number of hydrogen-bond acceptors (Lipinski definition) is 1. The molecular formula is C10H18O. The van der Waals surface area contributed by atoms with Crippen LogP contribution >= 0.6 is 0 Å². The number of aliphatic hydroxyl groups is 1. The largest absolute Gasteiger partial charge is 0.390 e. The van der Waals surface area contributed by atoms with Gasteiger partial charge in [-0.25, -0.2) is 0 Å². The Bertz CT molecular complexity index is 155. The Morgan fingerprint density at radius 2 is 2.09 bits per heavy atom. The SMILES string of the molecule is C[C@@H]1CC[C@@H]2CCC[C@@]1(O)C2. The van der Waals surface area contributed by atoms with E-state index in [1.54, 1.807) is 0 Å². The summed E-state index contributed by atoms with van der Waals surface area (Å²) in [4.78, 5) is 0. The van der Waals surface area contributed by atoms with Gasteiger partial charge in [-0.05, 0) is 37.5 Å². The van der Waals surface area contributed by atoms with Gasteiger partial charge in [0.15, 0.2) is 0 Å². The molecule has 0 spiro atoms. The smallest absolute Gasteiger partial charge is 0.0675 e. The van der Waals surface area contributed by atoms with Crippen molar-refractivity contribution in [3.05, 3.63) is 0 Å². The summed E-state index contributed by atoms with van der Waals surface area (Å²) < 4.78 is 0. The lowest BCUT2D eigenvalue weighted by Crippen LogP contribution is -2.44. The van der Waals surface area contributed by atoms with Gasteiger partial charge in [0, 0.05) is 0 Å². The van der Waals surface area contributed by atoms with Crippen molar-refractivity contribution in [1.82, 2.24) is 0 Å². The monoisotopic (exact) mass is 154 g/mol. The minimum absolute atomic E-state index is 0.263. The minimum atomic E-state index is -0.263. The second kappa shape index (κ2) is 2.48. The summed E-state index contributed by atoms with van der Waals surface area (Å²) in [7, 11) is 0. The van der Waals surface area contributed by atoms with E-state index in [9.17, 15) is 5.11 Å². The van der Waals surface area contributed by atoms with Crippen LogP contribution in [0.2, 0.25) is 0 Å². The zero-order valence-corrected chi connectivity index (χ0v) is 7.34. The number of rotatable bonds is 0. The zero-order chi connectivity index (χ0) is 7.90. The third kappa shape index (κ3) is 1.20. The maximum Gasteiger partial charge on any atom is 0.0675 e. The molecule has 3 atom stereocenters. The molecule has 1 heteroatoms. The van der Waals surface area contributed by atoms with E-state index in [1.165, 1.54) is 25.7 Å². The van der Waals surface area contributed by atoms with Gasteiger partial charge in [0.05, 0.1) is 5.60 Å². The molecule has 2 fully saturated rings. The fourth-order valence-corrected chi connectivity index (χ4v) is 2.85. The minimum Gasteiger partial charge on any atom is -0.390 e. The fourth-order valence-electron chi connectivity index (χ4n) is 2.85. The Kier molecular flexibility index (Phi) is 1.71. The van der Waals surface area contributed by atoms with Crippen molar-refractivity contribution in [3.8, 4) is 0 Å². The summed E-state index contributed by atoms with van der Waals surface area (Å²) >= 11 is 0. The summed E-state index contributed by atoms with van der Waals surface area (Å²) in [5, 5.41) is 10.2. The van der Waals surface area contributed by atoms with Crippen molar-refractivity contribution in [1.29, 1.82) is 0 Å². The molecule has 1 nitrogen and oxygen atoms in total. The lowest BCUT2D eigenvalue weighted by atomic mass is 9.64. The van der Waals surface area contributed by atoms with E-state index < -0.39 is 0 Å². The Morgan fingerprint density at radius 1 is 1.27 bits per heavy atom. The lowest BCUT2D eigenvalue weighted by molar-refractivity contribution is -0.0866. The summed E-state index contributed by atoms with van der Waals surface area (Å²) in [6.45, 7) is 2.21. The van der Waals surface area contributed by atoms with Crippen molar-refractivity contribution in [2.24, 2.45) is 11.8 Å². The van der Waals surface area contributed by atoms with Gasteiger partial charge in [0.25, 0.3) is 0 Å². The molecular weight excluding hydrogens is 136 g/mol. The Labute approximate surface area is 68.8 Å². The molecule has 0 saturated heterocycles. The van der Waals surface area contributed by atoms with Crippen LogP contribution in [0.5, 0.6) is 0 Å². The van der Waals surface area contributed by atoms with Crippen LogP contribution < -0.4 is 0 Å². The van der Waals surface area contributed by atoms with Crippen LogP contribution in [-0.4, -0.2) is 10.7 Å². The quantitative estimate of drug-likeness (QED) is 0.568. The summed E-state index contributed by atoms with van der Waals surface area (Å²) in [6, 6.07) is 0. The van der Waals surface area contributed by atoms with Crippen LogP contribution in [-0.2, 0) is 0 Å². The molecule has 2 aliphatic rings. The zero-order valence-electron chi connectivity index (χ0n) is 7.34. The van der Waals surface area contributed by atoms with Crippen molar-refractivity contribution >= 4 is 0 Å². The summed E-state index contributed by atoms with van der Waals surface area (Å²) in [5.41, 5.74) is -0.263. The van der Waals surface area contributed by atoms with Gasteiger partial charge in [-0.1, -0.05) is 19.8 Å². The highest BCUT2D eigenvalue weighted by atomic mass is 16.3. The van der Waals surface area contributed by atoms with E-state index in [-0.39, 0.29) is 5.60 Å². The van der Waals surface area contributed by atoms with E-state index in [1.807, 2.05) is 0 Å². The predicted octanol–water partition coefficient (Wildman–Crippen LogP) is 2.34.